The summed E-state index contributed by atoms with van der Waals surface area (Å²) in [6, 6.07) is 8.57. The maximum Gasteiger partial charge on any atom is 0.417 e. The van der Waals surface area contributed by atoms with Gasteiger partial charge in [0.2, 0.25) is 5.91 Å². The van der Waals surface area contributed by atoms with Crippen molar-refractivity contribution in [1.82, 2.24) is 30.5 Å². The molecule has 2 amide bonds. The van der Waals surface area contributed by atoms with E-state index in [4.69, 9.17) is 0 Å². The van der Waals surface area contributed by atoms with Gasteiger partial charge in [0.25, 0.3) is 5.91 Å². The number of hydrogen-bond donors (Lipinski definition) is 2. The summed E-state index contributed by atoms with van der Waals surface area (Å²) in [4.78, 5) is 27.9. The van der Waals surface area contributed by atoms with Crippen molar-refractivity contribution in [3.63, 3.8) is 0 Å². The lowest BCUT2D eigenvalue weighted by molar-refractivity contribution is -0.137. The van der Waals surface area contributed by atoms with Crippen LogP contribution in [-0.2, 0) is 23.9 Å². The van der Waals surface area contributed by atoms with Gasteiger partial charge in [0, 0.05) is 19.3 Å². The molecular formula is C27H29F3N8O2. The van der Waals surface area contributed by atoms with Crippen molar-refractivity contribution in [3.8, 4) is 0 Å². The topological polar surface area (TPSA) is 127 Å². The number of alkyl halides is 3. The Labute approximate surface area is 229 Å². The standard InChI is InChI=1S/C27H29F3N8O2/c1-4-18(21-10-5-6-11-22(21)27(28,29)30)15-20(31-2)16-25(39)33-24-13-12-19(34-36-24)9-7-8-14-38-17-23(35-37-38)26(40)32-3/h4-6,10-13,15,17H,2,7-9,14,16H2,1,3H3,(H,32,40)(H,33,36,39)/b18-4+,20-15-. The molecule has 0 unspecified atom stereocenters. The molecule has 3 aromatic rings. The Kier molecular flexibility index (Phi) is 10.4. The minimum atomic E-state index is -4.53. The minimum absolute atomic E-state index is 0.0181. The van der Waals surface area contributed by atoms with Gasteiger partial charge in [-0.15, -0.1) is 10.2 Å². The van der Waals surface area contributed by atoms with Crippen molar-refractivity contribution in [2.75, 3.05) is 12.4 Å². The number of unbranched alkanes of at least 4 members (excludes halogenated alkanes) is 1. The van der Waals surface area contributed by atoms with E-state index >= 15 is 0 Å². The number of anilines is 1. The lowest BCUT2D eigenvalue weighted by atomic mass is 9.97. The predicted octanol–water partition coefficient (Wildman–Crippen LogP) is 4.49. The molecule has 0 radical (unpaired) electrons. The highest BCUT2D eigenvalue weighted by Crippen LogP contribution is 2.35. The summed E-state index contributed by atoms with van der Waals surface area (Å²) in [5, 5.41) is 21.0. The van der Waals surface area contributed by atoms with Crippen LogP contribution in [-0.4, -0.2) is 50.8 Å². The Hall–Kier alpha value is -4.68. The zero-order chi connectivity index (χ0) is 29.1. The molecule has 2 N–H and O–H groups in total. The summed E-state index contributed by atoms with van der Waals surface area (Å²) in [5.41, 5.74) is 0.653. The first kappa shape index (κ1) is 29.9. The number of aromatic nitrogens is 5. The highest BCUT2D eigenvalue weighted by molar-refractivity contribution is 5.92. The molecule has 0 aliphatic rings. The van der Waals surface area contributed by atoms with Crippen LogP contribution >= 0.6 is 0 Å². The molecule has 40 heavy (non-hydrogen) atoms. The molecular weight excluding hydrogens is 525 g/mol. The van der Waals surface area contributed by atoms with Crippen LogP contribution in [0.3, 0.4) is 0 Å². The van der Waals surface area contributed by atoms with Gasteiger partial charge in [0.15, 0.2) is 11.5 Å². The molecule has 0 fully saturated rings. The van der Waals surface area contributed by atoms with Crippen LogP contribution < -0.4 is 10.6 Å². The van der Waals surface area contributed by atoms with E-state index in [0.29, 0.717) is 13.0 Å². The zero-order valence-corrected chi connectivity index (χ0v) is 22.1. The Morgan fingerprint density at radius 1 is 1.10 bits per heavy atom. The second-order valence-electron chi connectivity index (χ2n) is 8.62. The Morgan fingerprint density at radius 2 is 1.88 bits per heavy atom. The van der Waals surface area contributed by atoms with Crippen LogP contribution in [0.1, 0.15) is 53.5 Å². The van der Waals surface area contributed by atoms with Gasteiger partial charge in [-0.2, -0.15) is 18.3 Å². The normalized spacial score (nSPS) is 12.2. The third kappa shape index (κ3) is 8.41. The van der Waals surface area contributed by atoms with E-state index in [1.165, 1.54) is 37.4 Å². The Morgan fingerprint density at radius 3 is 2.52 bits per heavy atom. The zero-order valence-electron chi connectivity index (χ0n) is 22.1. The number of hydrogen-bond acceptors (Lipinski definition) is 7. The average Bonchev–Trinajstić information content (AvgIpc) is 3.42. The van der Waals surface area contributed by atoms with E-state index < -0.39 is 17.6 Å². The van der Waals surface area contributed by atoms with Crippen molar-refractivity contribution in [2.24, 2.45) is 4.99 Å². The van der Waals surface area contributed by atoms with Crippen LogP contribution in [0, 0.1) is 0 Å². The first-order chi connectivity index (χ1) is 19.1. The summed E-state index contributed by atoms with van der Waals surface area (Å²) in [6.45, 7) is 5.65. The first-order valence-corrected chi connectivity index (χ1v) is 12.4. The summed E-state index contributed by atoms with van der Waals surface area (Å²) in [7, 11) is 1.53. The average molecular weight is 555 g/mol. The summed E-state index contributed by atoms with van der Waals surface area (Å²) < 4.78 is 42.0. The van der Waals surface area contributed by atoms with Crippen molar-refractivity contribution < 1.29 is 22.8 Å². The fourth-order valence-electron chi connectivity index (χ4n) is 3.76. The molecule has 2 aromatic heterocycles. The number of carbonyl (C=O) groups is 2. The largest absolute Gasteiger partial charge is 0.417 e. The Bertz CT molecular complexity index is 1400. The van der Waals surface area contributed by atoms with Gasteiger partial charge < -0.3 is 10.6 Å². The van der Waals surface area contributed by atoms with Crippen LogP contribution in [0.4, 0.5) is 19.0 Å². The molecule has 3 rings (SSSR count). The Balaban J connectivity index is 1.53. The van der Waals surface area contributed by atoms with Crippen molar-refractivity contribution in [1.29, 1.82) is 0 Å². The van der Waals surface area contributed by atoms with Crippen LogP contribution in [0.15, 0.2) is 65.4 Å². The fraction of sp³-hybridized carbons (Fsp3) is 0.296. The van der Waals surface area contributed by atoms with Gasteiger partial charge >= 0.3 is 6.18 Å². The van der Waals surface area contributed by atoms with Gasteiger partial charge in [-0.3, -0.25) is 19.3 Å². The third-order valence-corrected chi connectivity index (χ3v) is 5.78. The summed E-state index contributed by atoms with van der Waals surface area (Å²) in [6.07, 6.45) is 1.98. The molecule has 2 heterocycles. The van der Waals surface area contributed by atoms with E-state index in [0.717, 1.165) is 24.6 Å². The molecule has 0 saturated carbocycles. The molecule has 0 aliphatic carbocycles. The van der Waals surface area contributed by atoms with Crippen LogP contribution in [0.2, 0.25) is 0 Å². The van der Waals surface area contributed by atoms with Gasteiger partial charge in [0.05, 0.1) is 23.9 Å². The van der Waals surface area contributed by atoms with Gasteiger partial charge in [-0.05, 0) is 68.3 Å². The lowest BCUT2D eigenvalue weighted by Gasteiger charge is -2.14. The lowest BCUT2D eigenvalue weighted by Crippen LogP contribution is -2.18. The number of benzene rings is 1. The number of rotatable bonds is 12. The minimum Gasteiger partial charge on any atom is -0.354 e. The number of halogens is 3. The van der Waals surface area contributed by atoms with Crippen LogP contribution in [0.25, 0.3) is 5.57 Å². The van der Waals surface area contributed by atoms with E-state index in [2.05, 4.69) is 42.9 Å². The van der Waals surface area contributed by atoms with E-state index in [1.54, 1.807) is 29.9 Å². The highest BCUT2D eigenvalue weighted by atomic mass is 19.4. The third-order valence-electron chi connectivity index (χ3n) is 5.78. The molecule has 0 spiro atoms. The number of allylic oxidation sites excluding steroid dienone is 3. The SMILES string of the molecule is C=N/C(=C\C(=C/C)c1ccccc1C(F)(F)F)CC(=O)Nc1ccc(CCCCn2cc(C(=O)NC)nn2)nn1. The molecule has 0 bridgehead atoms. The second-order valence-corrected chi connectivity index (χ2v) is 8.62. The quantitative estimate of drug-likeness (QED) is 0.193. The molecule has 210 valence electrons. The van der Waals surface area contributed by atoms with Gasteiger partial charge in [0.1, 0.15) is 0 Å². The monoisotopic (exact) mass is 554 g/mol. The molecule has 1 aromatic carbocycles. The van der Waals surface area contributed by atoms with E-state index in [9.17, 15) is 22.8 Å². The number of aliphatic imine (C=N–C) groups is 1. The van der Waals surface area contributed by atoms with Crippen LogP contribution in [0.5, 0.6) is 0 Å². The molecule has 0 aliphatic heterocycles. The van der Waals surface area contributed by atoms with E-state index in [1.807, 2.05) is 0 Å². The maximum atomic E-state index is 13.5. The fourth-order valence-corrected chi connectivity index (χ4v) is 3.76. The molecule has 13 heteroatoms. The van der Waals surface area contributed by atoms with Gasteiger partial charge in [-0.25, -0.2) is 0 Å². The first-order valence-electron chi connectivity index (χ1n) is 12.4. The molecule has 10 nitrogen and oxygen atoms in total. The molecule has 0 saturated heterocycles. The van der Waals surface area contributed by atoms with Crippen molar-refractivity contribution >= 4 is 29.9 Å². The number of nitrogens with zero attached hydrogens (tertiary/aromatic N) is 6. The maximum absolute atomic E-state index is 13.5. The predicted molar refractivity (Wildman–Crippen MR) is 144 cm³/mol. The smallest absolute Gasteiger partial charge is 0.354 e. The number of aryl methyl sites for hydroxylation is 2. The number of amides is 2. The van der Waals surface area contributed by atoms with E-state index in [-0.39, 0.29) is 40.7 Å². The second kappa shape index (κ2) is 13.9. The van der Waals surface area contributed by atoms with Crippen molar-refractivity contribution in [3.05, 3.63) is 83.0 Å². The van der Waals surface area contributed by atoms with Crippen molar-refractivity contribution in [2.45, 2.75) is 45.3 Å². The summed E-state index contributed by atoms with van der Waals surface area (Å²) >= 11 is 0. The number of carbonyl (C=O) groups excluding carboxylic acids is 2. The highest BCUT2D eigenvalue weighted by Gasteiger charge is 2.33. The summed E-state index contributed by atoms with van der Waals surface area (Å²) in [5.74, 6) is -0.532. The van der Waals surface area contributed by atoms with Gasteiger partial charge in [-0.1, -0.05) is 29.5 Å². The number of nitrogens with one attached hydrogen (secondary N) is 2. The molecule has 0 atom stereocenters.